The Morgan fingerprint density at radius 3 is 1.32 bits per heavy atom. The molecule has 15 heteroatoms. The molecule has 0 aliphatic rings. The number of phenols is 5. The van der Waals surface area contributed by atoms with Gasteiger partial charge in [0.05, 0.1) is 23.8 Å². The van der Waals surface area contributed by atoms with Crippen molar-refractivity contribution in [1.29, 1.82) is 0 Å². The highest BCUT2D eigenvalue weighted by atomic mass is 16.5. The average molecular weight is 548 g/mol. The number of hydrogen-bond donors (Lipinski definition) is 8. The zero-order valence-corrected chi connectivity index (χ0v) is 20.4. The summed E-state index contributed by atoms with van der Waals surface area (Å²) in [6.07, 6.45) is 0. The summed E-state index contributed by atoms with van der Waals surface area (Å²) in [6.45, 7) is 0. The van der Waals surface area contributed by atoms with Crippen molar-refractivity contribution in [3.05, 3.63) is 71.3 Å². The molecule has 0 unspecified atom stereocenters. The number of carbonyl (C=O) groups is 3. The van der Waals surface area contributed by atoms with Crippen LogP contribution in [-0.2, 0) is 0 Å². The fourth-order valence-corrected chi connectivity index (χ4v) is 3.40. The third-order valence-corrected chi connectivity index (χ3v) is 5.27. The van der Waals surface area contributed by atoms with Crippen molar-refractivity contribution in [3.63, 3.8) is 0 Å². The molecule has 1 heterocycles. The van der Waals surface area contributed by atoms with Gasteiger partial charge in [0.25, 0.3) is 17.7 Å². The number of hydrogen-bond acceptors (Lipinski definition) is 12. The number of benzene rings is 3. The van der Waals surface area contributed by atoms with Crippen LogP contribution >= 0.6 is 0 Å². The summed E-state index contributed by atoms with van der Waals surface area (Å²) in [5.74, 6) is -7.26. The van der Waals surface area contributed by atoms with Crippen molar-refractivity contribution < 1.29 is 44.7 Å². The van der Waals surface area contributed by atoms with Gasteiger partial charge in [-0.3, -0.25) is 30.3 Å². The molecule has 4 aromatic rings. The Labute approximate surface area is 224 Å². The molecule has 0 radical (unpaired) electrons. The van der Waals surface area contributed by atoms with E-state index in [4.69, 9.17) is 4.74 Å². The average Bonchev–Trinajstić information content (AvgIpc) is 2.91. The van der Waals surface area contributed by atoms with E-state index in [2.05, 4.69) is 30.9 Å². The molecule has 0 atom stereocenters. The minimum Gasteiger partial charge on any atom is -0.504 e. The summed E-state index contributed by atoms with van der Waals surface area (Å²) in [5.41, 5.74) is -0.787. The third-order valence-electron chi connectivity index (χ3n) is 5.27. The third kappa shape index (κ3) is 5.57. The minimum atomic E-state index is -0.963. The van der Waals surface area contributed by atoms with Crippen molar-refractivity contribution >= 4 is 35.6 Å². The van der Waals surface area contributed by atoms with E-state index < -0.39 is 58.6 Å². The van der Waals surface area contributed by atoms with E-state index in [1.54, 1.807) is 0 Å². The van der Waals surface area contributed by atoms with Gasteiger partial charge in [-0.15, -0.1) is 0 Å². The predicted octanol–water partition coefficient (Wildman–Crippen LogP) is 2.17. The number of amides is 3. The second-order valence-electron chi connectivity index (χ2n) is 7.87. The highest BCUT2D eigenvalue weighted by Gasteiger charge is 2.21. The van der Waals surface area contributed by atoms with E-state index in [-0.39, 0.29) is 28.2 Å². The van der Waals surface area contributed by atoms with Gasteiger partial charge in [-0.25, -0.2) is 0 Å². The summed E-state index contributed by atoms with van der Waals surface area (Å²) >= 11 is 0. The summed E-state index contributed by atoms with van der Waals surface area (Å²) in [6, 6.07) is 11.4. The van der Waals surface area contributed by atoms with Crippen molar-refractivity contribution in [2.45, 2.75) is 0 Å². The van der Waals surface area contributed by atoms with Gasteiger partial charge >= 0.3 is 0 Å². The Hall–Kier alpha value is -6.12. The van der Waals surface area contributed by atoms with Gasteiger partial charge in [-0.2, -0.15) is 15.0 Å². The lowest BCUT2D eigenvalue weighted by Gasteiger charge is -2.12. The molecule has 1 aromatic heterocycles. The highest BCUT2D eigenvalue weighted by Crippen LogP contribution is 2.31. The summed E-state index contributed by atoms with van der Waals surface area (Å²) < 4.78 is 5.06. The van der Waals surface area contributed by atoms with Crippen LogP contribution in [0.5, 0.6) is 34.5 Å². The van der Waals surface area contributed by atoms with E-state index in [0.717, 1.165) is 12.1 Å². The monoisotopic (exact) mass is 548 g/mol. The molecule has 3 amide bonds. The zero-order chi connectivity index (χ0) is 29.0. The van der Waals surface area contributed by atoms with Gasteiger partial charge in [-0.05, 0) is 36.4 Å². The summed E-state index contributed by atoms with van der Waals surface area (Å²) in [5, 5.41) is 56.2. The molecule has 0 bridgehead atoms. The van der Waals surface area contributed by atoms with Gasteiger partial charge in [-0.1, -0.05) is 18.2 Å². The smallest absolute Gasteiger partial charge is 0.261 e. The van der Waals surface area contributed by atoms with Crippen LogP contribution in [0.1, 0.15) is 31.1 Å². The van der Waals surface area contributed by atoms with Crippen LogP contribution in [0.2, 0.25) is 0 Å². The molecule has 4 rings (SSSR count). The Morgan fingerprint density at radius 1 is 0.575 bits per heavy atom. The number of nitrogens with one attached hydrogen (secondary N) is 3. The standard InChI is InChI=1S/C25H20N6O9/c1-40-19-13(7-4-10-16(19)34)22(39)28-25-30-23(26-20(37)11-5-2-8-14(32)17(11)35)29-24(31-25)27-21(38)12-6-3-9-15(33)18(12)36/h2-10,32-36H,1H3,(H3,26,27,28,29,30,31,37,38,39). The molecule has 0 saturated carbocycles. The maximum Gasteiger partial charge on any atom is 0.261 e. The largest absolute Gasteiger partial charge is 0.504 e. The van der Waals surface area contributed by atoms with Crippen LogP contribution in [0.25, 0.3) is 0 Å². The van der Waals surface area contributed by atoms with E-state index in [9.17, 15) is 39.9 Å². The number of carbonyl (C=O) groups excluding carboxylic acids is 3. The maximum atomic E-state index is 12.9. The first-order valence-electron chi connectivity index (χ1n) is 11.2. The number of aromatic nitrogens is 3. The summed E-state index contributed by atoms with van der Waals surface area (Å²) in [4.78, 5) is 50.2. The molecule has 15 nitrogen and oxygen atoms in total. The van der Waals surface area contributed by atoms with Crippen LogP contribution in [0.3, 0.4) is 0 Å². The van der Waals surface area contributed by atoms with Crippen molar-refractivity contribution in [3.8, 4) is 34.5 Å². The van der Waals surface area contributed by atoms with Crippen molar-refractivity contribution in [1.82, 2.24) is 15.0 Å². The molecule has 3 aromatic carbocycles. The fraction of sp³-hybridized carbons (Fsp3) is 0.0400. The molecular weight excluding hydrogens is 528 g/mol. The number of aromatic hydroxyl groups is 5. The molecule has 0 aliphatic carbocycles. The van der Waals surface area contributed by atoms with Crippen LogP contribution in [0.4, 0.5) is 17.8 Å². The lowest BCUT2D eigenvalue weighted by Crippen LogP contribution is -2.21. The molecule has 0 spiro atoms. The number of ether oxygens (including phenoxy) is 1. The van der Waals surface area contributed by atoms with E-state index >= 15 is 0 Å². The topological polar surface area (TPSA) is 236 Å². The van der Waals surface area contributed by atoms with E-state index in [1.807, 2.05) is 0 Å². The first-order valence-corrected chi connectivity index (χ1v) is 11.2. The SMILES string of the molecule is COc1c(O)cccc1C(=O)Nc1nc(NC(=O)c2cccc(O)c2O)nc(NC(=O)c2cccc(O)c2O)n1. The Morgan fingerprint density at radius 2 is 0.925 bits per heavy atom. The number of methoxy groups -OCH3 is 1. The van der Waals surface area contributed by atoms with Crippen molar-refractivity contribution in [2.24, 2.45) is 0 Å². The Balaban J connectivity index is 1.69. The zero-order valence-electron chi connectivity index (χ0n) is 20.4. The Bertz CT molecular complexity index is 1560. The normalized spacial score (nSPS) is 10.4. The number of rotatable bonds is 7. The van der Waals surface area contributed by atoms with Crippen LogP contribution in [0.15, 0.2) is 54.6 Å². The van der Waals surface area contributed by atoms with Crippen LogP contribution in [-0.4, -0.2) is 65.3 Å². The number of para-hydroxylation sites is 3. The quantitative estimate of drug-likeness (QED) is 0.155. The fourth-order valence-electron chi connectivity index (χ4n) is 3.40. The number of nitrogens with zero attached hydrogens (tertiary/aromatic N) is 3. The predicted molar refractivity (Wildman–Crippen MR) is 138 cm³/mol. The van der Waals surface area contributed by atoms with Crippen LogP contribution < -0.4 is 20.7 Å². The van der Waals surface area contributed by atoms with Crippen molar-refractivity contribution in [2.75, 3.05) is 23.1 Å². The van der Waals surface area contributed by atoms with Gasteiger partial charge < -0.3 is 30.3 Å². The second kappa shape index (κ2) is 11.1. The lowest BCUT2D eigenvalue weighted by molar-refractivity contribution is 0.101. The first kappa shape index (κ1) is 26.9. The van der Waals surface area contributed by atoms with E-state index in [1.165, 1.54) is 49.6 Å². The molecule has 0 fully saturated rings. The highest BCUT2D eigenvalue weighted by molar-refractivity contribution is 6.08. The molecule has 0 saturated heterocycles. The van der Waals surface area contributed by atoms with Gasteiger partial charge in [0.2, 0.25) is 17.8 Å². The van der Waals surface area contributed by atoms with Gasteiger partial charge in [0.15, 0.2) is 34.5 Å². The first-order chi connectivity index (χ1) is 19.1. The molecule has 40 heavy (non-hydrogen) atoms. The number of phenolic OH excluding ortho intramolecular Hbond substituents is 5. The van der Waals surface area contributed by atoms with Crippen LogP contribution in [0, 0.1) is 0 Å². The maximum absolute atomic E-state index is 12.9. The molecule has 0 aliphatic heterocycles. The lowest BCUT2D eigenvalue weighted by atomic mass is 10.1. The molecule has 8 N–H and O–H groups in total. The Kier molecular flexibility index (Phi) is 7.47. The minimum absolute atomic E-state index is 0.103. The van der Waals surface area contributed by atoms with E-state index in [0.29, 0.717) is 0 Å². The molecular formula is C25H20N6O9. The summed E-state index contributed by atoms with van der Waals surface area (Å²) in [7, 11) is 1.24. The number of anilines is 3. The molecule has 204 valence electrons. The second-order valence-corrected chi connectivity index (χ2v) is 7.87. The van der Waals surface area contributed by atoms with Gasteiger partial charge in [0, 0.05) is 0 Å². The van der Waals surface area contributed by atoms with Gasteiger partial charge in [0.1, 0.15) is 0 Å².